The van der Waals surface area contributed by atoms with E-state index in [9.17, 15) is 4.79 Å². The lowest BCUT2D eigenvalue weighted by molar-refractivity contribution is 0.0676. The zero-order valence-electron chi connectivity index (χ0n) is 10.3. The van der Waals surface area contributed by atoms with E-state index < -0.39 is 0 Å². The Hall–Kier alpha value is -1.69. The molecule has 1 heterocycles. The molecule has 0 fully saturated rings. The van der Waals surface area contributed by atoms with Gasteiger partial charge in [-0.15, -0.1) is 0 Å². The fourth-order valence-electron chi connectivity index (χ4n) is 1.24. The topological polar surface area (TPSA) is 78.4 Å². The van der Waals surface area contributed by atoms with Gasteiger partial charge in [-0.05, 0) is 13.8 Å². The number of nitrogens with zero attached hydrogens (tertiary/aromatic N) is 3. The van der Waals surface area contributed by atoms with Crippen molar-refractivity contribution in [2.75, 3.05) is 25.5 Å². The zero-order valence-corrected chi connectivity index (χ0v) is 10.3. The first kappa shape index (κ1) is 13.4. The average molecular weight is 238 g/mol. The van der Waals surface area contributed by atoms with Crippen molar-refractivity contribution in [1.82, 2.24) is 14.9 Å². The van der Waals surface area contributed by atoms with E-state index in [-0.39, 0.29) is 24.2 Å². The third kappa shape index (κ3) is 3.39. The lowest BCUT2D eigenvalue weighted by Gasteiger charge is -2.22. The molecule has 0 saturated carbocycles. The molecule has 0 aliphatic rings. The second kappa shape index (κ2) is 6.15. The van der Waals surface area contributed by atoms with Crippen LogP contribution in [0.3, 0.4) is 0 Å². The number of carbonyl (C=O) groups excluding carboxylic acids is 1. The summed E-state index contributed by atoms with van der Waals surface area (Å²) in [7, 11) is 1.63. The molecule has 6 nitrogen and oxygen atoms in total. The minimum atomic E-state index is -0.251. The average Bonchev–Trinajstić information content (AvgIpc) is 2.36. The Morgan fingerprint density at radius 2 is 2.29 bits per heavy atom. The second-order valence-electron chi connectivity index (χ2n) is 3.77. The molecule has 1 aromatic heterocycles. The van der Waals surface area contributed by atoms with Crippen LogP contribution in [-0.4, -0.2) is 52.1 Å². The molecule has 2 N–H and O–H groups in total. The van der Waals surface area contributed by atoms with Gasteiger partial charge in [0.2, 0.25) is 0 Å². The predicted octanol–water partition coefficient (Wildman–Crippen LogP) is 0.361. The van der Waals surface area contributed by atoms with Gasteiger partial charge in [-0.2, -0.15) is 0 Å². The number of hydrogen-bond donors (Lipinski definition) is 2. The van der Waals surface area contributed by atoms with Crippen LogP contribution in [0.15, 0.2) is 12.4 Å². The highest BCUT2D eigenvalue weighted by Gasteiger charge is 2.18. The third-order valence-electron chi connectivity index (χ3n) is 2.46. The summed E-state index contributed by atoms with van der Waals surface area (Å²) in [4.78, 5) is 21.5. The van der Waals surface area contributed by atoms with Crippen molar-refractivity contribution in [3.63, 3.8) is 0 Å². The number of aliphatic hydroxyl groups is 1. The molecule has 0 aromatic carbocycles. The van der Waals surface area contributed by atoms with Crippen LogP contribution in [-0.2, 0) is 0 Å². The highest BCUT2D eigenvalue weighted by molar-refractivity contribution is 5.92. The number of carbonyl (C=O) groups is 1. The first-order valence-corrected chi connectivity index (χ1v) is 5.54. The zero-order chi connectivity index (χ0) is 12.8. The number of aromatic nitrogens is 2. The van der Waals surface area contributed by atoms with Crippen LogP contribution in [0.2, 0.25) is 0 Å². The van der Waals surface area contributed by atoms with E-state index in [2.05, 4.69) is 15.3 Å². The molecular weight excluding hydrogens is 220 g/mol. The first-order valence-electron chi connectivity index (χ1n) is 5.54. The van der Waals surface area contributed by atoms with Crippen molar-refractivity contribution in [3.05, 3.63) is 18.1 Å². The van der Waals surface area contributed by atoms with Crippen molar-refractivity contribution in [2.45, 2.75) is 19.9 Å². The molecule has 1 amide bonds. The second-order valence-corrected chi connectivity index (χ2v) is 3.77. The summed E-state index contributed by atoms with van der Waals surface area (Å²) in [6, 6.07) is -0.243. The van der Waals surface area contributed by atoms with Gasteiger partial charge in [-0.1, -0.05) is 0 Å². The number of aliphatic hydroxyl groups excluding tert-OH is 1. The molecule has 0 radical (unpaired) electrons. The van der Waals surface area contributed by atoms with Crippen molar-refractivity contribution in [3.8, 4) is 0 Å². The molecule has 0 spiro atoms. The molecule has 0 bridgehead atoms. The summed E-state index contributed by atoms with van der Waals surface area (Å²) < 4.78 is 0. The van der Waals surface area contributed by atoms with Crippen LogP contribution in [0.5, 0.6) is 0 Å². The number of amides is 1. The van der Waals surface area contributed by atoms with Gasteiger partial charge in [0.25, 0.3) is 5.91 Å². The molecule has 0 aliphatic heterocycles. The van der Waals surface area contributed by atoms with Gasteiger partial charge in [0.1, 0.15) is 11.5 Å². The summed E-state index contributed by atoms with van der Waals surface area (Å²) in [6.45, 7) is 4.34. The SMILES string of the molecule is CCNc1cncc(C(=O)N(C)C(C)CO)n1. The number of nitrogens with one attached hydrogen (secondary N) is 1. The van der Waals surface area contributed by atoms with E-state index in [1.807, 2.05) is 6.92 Å². The molecule has 1 atom stereocenters. The van der Waals surface area contributed by atoms with Crippen molar-refractivity contribution >= 4 is 11.7 Å². The van der Waals surface area contributed by atoms with Gasteiger partial charge in [0, 0.05) is 13.6 Å². The van der Waals surface area contributed by atoms with Crippen molar-refractivity contribution < 1.29 is 9.90 Å². The van der Waals surface area contributed by atoms with E-state index in [1.165, 1.54) is 11.1 Å². The number of rotatable bonds is 5. The summed E-state index contributed by atoms with van der Waals surface area (Å²) in [5.41, 5.74) is 0.270. The van der Waals surface area contributed by atoms with Gasteiger partial charge in [0.15, 0.2) is 0 Å². The van der Waals surface area contributed by atoms with E-state index in [0.717, 1.165) is 6.54 Å². The van der Waals surface area contributed by atoms with Crippen molar-refractivity contribution in [2.24, 2.45) is 0 Å². The van der Waals surface area contributed by atoms with Gasteiger partial charge < -0.3 is 15.3 Å². The first-order chi connectivity index (χ1) is 8.10. The van der Waals surface area contributed by atoms with Crippen LogP contribution < -0.4 is 5.32 Å². The van der Waals surface area contributed by atoms with Crippen LogP contribution in [0.1, 0.15) is 24.3 Å². The molecular formula is C11H18N4O2. The third-order valence-corrected chi connectivity index (χ3v) is 2.46. The molecule has 94 valence electrons. The highest BCUT2D eigenvalue weighted by atomic mass is 16.3. The Balaban J connectivity index is 2.84. The van der Waals surface area contributed by atoms with E-state index in [4.69, 9.17) is 5.11 Å². The van der Waals surface area contributed by atoms with E-state index in [0.29, 0.717) is 5.82 Å². The Kier molecular flexibility index (Phi) is 4.84. The van der Waals surface area contributed by atoms with Crippen LogP contribution in [0.25, 0.3) is 0 Å². The van der Waals surface area contributed by atoms with Crippen molar-refractivity contribution in [1.29, 1.82) is 0 Å². The normalized spacial score (nSPS) is 12.0. The van der Waals surface area contributed by atoms with Gasteiger partial charge in [-0.25, -0.2) is 4.98 Å². The van der Waals surface area contributed by atoms with Crippen LogP contribution in [0, 0.1) is 0 Å². The van der Waals surface area contributed by atoms with E-state index >= 15 is 0 Å². The number of anilines is 1. The monoisotopic (exact) mass is 238 g/mol. The summed E-state index contributed by atoms with van der Waals surface area (Å²) in [6.07, 6.45) is 2.99. The Morgan fingerprint density at radius 3 is 2.88 bits per heavy atom. The summed E-state index contributed by atoms with van der Waals surface area (Å²) >= 11 is 0. The predicted molar refractivity (Wildman–Crippen MR) is 64.8 cm³/mol. The lowest BCUT2D eigenvalue weighted by Crippen LogP contribution is -2.37. The standard InChI is InChI=1S/C11H18N4O2/c1-4-13-10-6-12-5-9(14-10)11(17)15(3)8(2)7-16/h5-6,8,16H,4,7H2,1-3H3,(H,13,14). The molecule has 0 saturated heterocycles. The smallest absolute Gasteiger partial charge is 0.274 e. The van der Waals surface area contributed by atoms with Gasteiger partial charge >= 0.3 is 0 Å². The number of hydrogen-bond acceptors (Lipinski definition) is 5. The maximum Gasteiger partial charge on any atom is 0.274 e. The maximum absolute atomic E-state index is 12.0. The minimum absolute atomic E-state index is 0.0808. The minimum Gasteiger partial charge on any atom is -0.394 e. The lowest BCUT2D eigenvalue weighted by atomic mass is 10.3. The maximum atomic E-state index is 12.0. The molecule has 1 aromatic rings. The van der Waals surface area contributed by atoms with Gasteiger partial charge in [0.05, 0.1) is 25.0 Å². The summed E-state index contributed by atoms with van der Waals surface area (Å²) in [5, 5.41) is 12.0. The molecule has 1 unspecified atom stereocenters. The molecule has 17 heavy (non-hydrogen) atoms. The van der Waals surface area contributed by atoms with Crippen LogP contribution >= 0.6 is 0 Å². The summed E-state index contributed by atoms with van der Waals surface area (Å²) in [5.74, 6) is 0.321. The van der Waals surface area contributed by atoms with E-state index in [1.54, 1.807) is 20.2 Å². The largest absolute Gasteiger partial charge is 0.394 e. The molecule has 1 rings (SSSR count). The Bertz CT molecular complexity index is 383. The Labute approximate surface area is 101 Å². The van der Waals surface area contributed by atoms with Crippen LogP contribution in [0.4, 0.5) is 5.82 Å². The fourth-order valence-corrected chi connectivity index (χ4v) is 1.24. The Morgan fingerprint density at radius 1 is 1.59 bits per heavy atom. The van der Waals surface area contributed by atoms with Gasteiger partial charge in [-0.3, -0.25) is 9.78 Å². The number of likely N-dealkylation sites (N-methyl/N-ethyl adjacent to an activating group) is 1. The highest BCUT2D eigenvalue weighted by Crippen LogP contribution is 2.06. The molecule has 6 heteroatoms. The fraction of sp³-hybridized carbons (Fsp3) is 0.545. The quantitative estimate of drug-likeness (QED) is 0.774. The molecule has 0 aliphatic carbocycles.